The maximum Gasteiger partial charge on any atom is 0.254 e. The number of rotatable bonds is 1. The van der Waals surface area contributed by atoms with Crippen LogP contribution >= 0.6 is 0 Å². The van der Waals surface area contributed by atoms with E-state index in [4.69, 9.17) is 5.73 Å². The van der Waals surface area contributed by atoms with Crippen LogP contribution in [0.2, 0.25) is 0 Å². The molecule has 0 aromatic heterocycles. The lowest BCUT2D eigenvalue weighted by molar-refractivity contribution is 0.0790. The molecule has 0 bridgehead atoms. The number of amides is 1. The topological polar surface area (TPSA) is 86.8 Å². The van der Waals surface area contributed by atoms with Gasteiger partial charge in [0, 0.05) is 30.8 Å². The van der Waals surface area contributed by atoms with Gasteiger partial charge >= 0.3 is 0 Å². The Hall–Kier alpha value is -1.75. The van der Waals surface area contributed by atoms with Gasteiger partial charge in [0.1, 0.15) is 11.5 Å². The van der Waals surface area contributed by atoms with E-state index in [2.05, 4.69) is 0 Å². The highest BCUT2D eigenvalue weighted by Crippen LogP contribution is 2.22. The smallest absolute Gasteiger partial charge is 0.254 e. The minimum absolute atomic E-state index is 0.0230. The SMILES string of the molecule is N[C@@H]1CCN(C(=O)c2cc(O)cc(O)c2)C1. The van der Waals surface area contributed by atoms with Crippen LogP contribution in [-0.4, -0.2) is 40.2 Å². The standard InChI is InChI=1S/C11H14N2O3/c12-8-1-2-13(6-8)11(16)7-3-9(14)5-10(15)4-7/h3-5,8,14-15H,1-2,6,12H2/t8-/m1/s1. The molecule has 5 heteroatoms. The molecule has 1 aliphatic rings. The number of aromatic hydroxyl groups is 2. The summed E-state index contributed by atoms with van der Waals surface area (Å²) in [6.07, 6.45) is 0.788. The van der Waals surface area contributed by atoms with Gasteiger partial charge in [-0.2, -0.15) is 0 Å². The van der Waals surface area contributed by atoms with Crippen LogP contribution in [0.1, 0.15) is 16.8 Å². The van der Waals surface area contributed by atoms with Crippen molar-refractivity contribution in [3.63, 3.8) is 0 Å². The van der Waals surface area contributed by atoms with Crippen LogP contribution in [-0.2, 0) is 0 Å². The van der Waals surface area contributed by atoms with Crippen molar-refractivity contribution in [1.29, 1.82) is 0 Å². The largest absolute Gasteiger partial charge is 0.508 e. The van der Waals surface area contributed by atoms with Crippen molar-refractivity contribution in [2.75, 3.05) is 13.1 Å². The van der Waals surface area contributed by atoms with Gasteiger partial charge in [-0.05, 0) is 18.6 Å². The molecule has 0 radical (unpaired) electrons. The van der Waals surface area contributed by atoms with E-state index in [0.29, 0.717) is 13.1 Å². The summed E-state index contributed by atoms with van der Waals surface area (Å²) in [6.45, 7) is 1.14. The fourth-order valence-electron chi connectivity index (χ4n) is 1.87. The Morgan fingerprint density at radius 2 is 1.94 bits per heavy atom. The number of benzene rings is 1. The minimum Gasteiger partial charge on any atom is -0.508 e. The predicted molar refractivity (Wildman–Crippen MR) is 58.3 cm³/mol. The molecule has 1 fully saturated rings. The second-order valence-corrected chi connectivity index (χ2v) is 4.04. The van der Waals surface area contributed by atoms with Crippen LogP contribution in [0.3, 0.4) is 0 Å². The molecule has 1 heterocycles. The number of phenols is 2. The molecule has 1 amide bonds. The highest BCUT2D eigenvalue weighted by atomic mass is 16.3. The third-order valence-electron chi connectivity index (χ3n) is 2.66. The third kappa shape index (κ3) is 2.09. The van der Waals surface area contributed by atoms with Gasteiger partial charge in [0.25, 0.3) is 5.91 Å². The Morgan fingerprint density at radius 3 is 2.44 bits per heavy atom. The summed E-state index contributed by atoms with van der Waals surface area (Å²) in [5.41, 5.74) is 5.99. The van der Waals surface area contributed by atoms with Crippen LogP contribution in [0.15, 0.2) is 18.2 Å². The molecule has 0 aliphatic carbocycles. The number of hydrogen-bond acceptors (Lipinski definition) is 4. The van der Waals surface area contributed by atoms with E-state index in [1.54, 1.807) is 4.90 Å². The van der Waals surface area contributed by atoms with Crippen molar-refractivity contribution in [3.05, 3.63) is 23.8 Å². The molecule has 4 N–H and O–H groups in total. The van der Waals surface area contributed by atoms with Crippen LogP contribution in [0.5, 0.6) is 11.5 Å². The highest BCUT2D eigenvalue weighted by molar-refractivity contribution is 5.95. The van der Waals surface area contributed by atoms with Crippen molar-refractivity contribution in [2.24, 2.45) is 5.73 Å². The van der Waals surface area contributed by atoms with Crippen molar-refractivity contribution in [1.82, 2.24) is 4.90 Å². The number of hydrogen-bond donors (Lipinski definition) is 3. The summed E-state index contributed by atoms with van der Waals surface area (Å²) in [7, 11) is 0. The normalized spacial score (nSPS) is 20.1. The number of likely N-dealkylation sites (tertiary alicyclic amines) is 1. The molecule has 5 nitrogen and oxygen atoms in total. The molecule has 2 rings (SSSR count). The predicted octanol–water partition coefficient (Wildman–Crippen LogP) is 0.271. The van der Waals surface area contributed by atoms with Crippen molar-refractivity contribution >= 4 is 5.91 Å². The molecule has 16 heavy (non-hydrogen) atoms. The lowest BCUT2D eigenvalue weighted by Gasteiger charge is -2.15. The van der Waals surface area contributed by atoms with E-state index in [-0.39, 0.29) is 29.0 Å². The second-order valence-electron chi connectivity index (χ2n) is 4.04. The lowest BCUT2D eigenvalue weighted by Crippen LogP contribution is -2.31. The van der Waals surface area contributed by atoms with Gasteiger partial charge in [0.15, 0.2) is 0 Å². The number of nitrogens with two attached hydrogens (primary N) is 1. The maximum absolute atomic E-state index is 11.9. The molecule has 0 unspecified atom stereocenters. The molecule has 1 aromatic rings. The summed E-state index contributed by atoms with van der Waals surface area (Å²) >= 11 is 0. The average molecular weight is 222 g/mol. The zero-order valence-electron chi connectivity index (χ0n) is 8.76. The van der Waals surface area contributed by atoms with Crippen molar-refractivity contribution in [3.8, 4) is 11.5 Å². The summed E-state index contributed by atoms with van der Waals surface area (Å²) in [5.74, 6) is -0.446. The monoisotopic (exact) mass is 222 g/mol. The molecule has 1 atom stereocenters. The fourth-order valence-corrected chi connectivity index (χ4v) is 1.87. The Kier molecular flexibility index (Phi) is 2.70. The number of phenolic OH excluding ortho intramolecular Hbond substituents is 2. The molecular formula is C11H14N2O3. The maximum atomic E-state index is 11.9. The number of nitrogens with zero attached hydrogens (tertiary/aromatic N) is 1. The molecule has 1 aromatic carbocycles. The van der Waals surface area contributed by atoms with E-state index in [9.17, 15) is 15.0 Å². The first-order chi connectivity index (χ1) is 7.56. The first-order valence-electron chi connectivity index (χ1n) is 5.14. The van der Waals surface area contributed by atoms with E-state index >= 15 is 0 Å². The van der Waals surface area contributed by atoms with E-state index in [1.807, 2.05) is 0 Å². The van der Waals surface area contributed by atoms with Gasteiger partial charge in [-0.25, -0.2) is 0 Å². The van der Waals surface area contributed by atoms with Gasteiger partial charge < -0.3 is 20.8 Å². The van der Waals surface area contributed by atoms with E-state index < -0.39 is 0 Å². The fraction of sp³-hybridized carbons (Fsp3) is 0.364. The minimum atomic E-state index is -0.209. The quantitative estimate of drug-likeness (QED) is 0.636. The highest BCUT2D eigenvalue weighted by Gasteiger charge is 2.24. The van der Waals surface area contributed by atoms with Crippen LogP contribution in [0, 0.1) is 0 Å². The van der Waals surface area contributed by atoms with Gasteiger partial charge in [-0.15, -0.1) is 0 Å². The van der Waals surface area contributed by atoms with E-state index in [1.165, 1.54) is 18.2 Å². The first-order valence-corrected chi connectivity index (χ1v) is 5.14. The lowest BCUT2D eigenvalue weighted by atomic mass is 10.2. The van der Waals surface area contributed by atoms with Crippen LogP contribution < -0.4 is 5.73 Å². The Bertz CT molecular complexity index is 399. The zero-order chi connectivity index (χ0) is 11.7. The van der Waals surface area contributed by atoms with E-state index in [0.717, 1.165) is 6.42 Å². The summed E-state index contributed by atoms with van der Waals surface area (Å²) < 4.78 is 0. The van der Waals surface area contributed by atoms with Gasteiger partial charge in [-0.3, -0.25) is 4.79 Å². The van der Waals surface area contributed by atoms with Gasteiger partial charge in [0.05, 0.1) is 0 Å². The Labute approximate surface area is 93.1 Å². The van der Waals surface area contributed by atoms with Crippen molar-refractivity contribution < 1.29 is 15.0 Å². The van der Waals surface area contributed by atoms with Crippen LogP contribution in [0.4, 0.5) is 0 Å². The van der Waals surface area contributed by atoms with Crippen LogP contribution in [0.25, 0.3) is 0 Å². The molecule has 0 spiro atoms. The first kappa shape index (κ1) is 10.8. The third-order valence-corrected chi connectivity index (χ3v) is 2.66. The molecule has 86 valence electrons. The molecule has 1 saturated heterocycles. The number of carbonyl (C=O) groups is 1. The Balaban J connectivity index is 2.20. The number of carbonyl (C=O) groups excluding carboxylic acids is 1. The summed E-state index contributed by atoms with van der Waals surface area (Å²) in [6, 6.07) is 3.89. The average Bonchev–Trinajstić information content (AvgIpc) is 2.62. The molecular weight excluding hydrogens is 208 g/mol. The summed E-state index contributed by atoms with van der Waals surface area (Å²) in [5, 5.41) is 18.6. The zero-order valence-corrected chi connectivity index (χ0v) is 8.76. The summed E-state index contributed by atoms with van der Waals surface area (Å²) in [4.78, 5) is 13.6. The van der Waals surface area contributed by atoms with Gasteiger partial charge in [-0.1, -0.05) is 0 Å². The second kappa shape index (κ2) is 4.02. The molecule has 1 aliphatic heterocycles. The molecule has 0 saturated carbocycles. The Morgan fingerprint density at radius 1 is 1.31 bits per heavy atom. The van der Waals surface area contributed by atoms with Crippen molar-refractivity contribution in [2.45, 2.75) is 12.5 Å². The van der Waals surface area contributed by atoms with Gasteiger partial charge in [0.2, 0.25) is 0 Å².